The quantitative estimate of drug-likeness (QED) is 0.734. The van der Waals surface area contributed by atoms with Gasteiger partial charge in [-0.2, -0.15) is 0 Å². The van der Waals surface area contributed by atoms with Crippen LogP contribution in [0.1, 0.15) is 11.3 Å². The first-order valence-electron chi connectivity index (χ1n) is 8.10. The van der Waals surface area contributed by atoms with E-state index in [1.165, 1.54) is 0 Å². The van der Waals surface area contributed by atoms with Crippen LogP contribution in [0.25, 0.3) is 11.1 Å². The lowest BCUT2D eigenvalue weighted by molar-refractivity contribution is 0.415. The van der Waals surface area contributed by atoms with Gasteiger partial charge in [0.05, 0.1) is 12.0 Å². The topological polar surface area (TPSA) is 68.3 Å². The van der Waals surface area contributed by atoms with Crippen LogP contribution in [0, 0.1) is 13.8 Å². The lowest BCUT2D eigenvalue weighted by Gasteiger charge is -2.11. The Morgan fingerprint density at radius 1 is 0.962 bits per heavy atom. The molecular weight excluding hydrogens is 348 g/mol. The number of nitrogens with one attached hydrogen (secondary N) is 1. The molecule has 0 saturated heterocycles. The van der Waals surface area contributed by atoms with E-state index >= 15 is 0 Å². The van der Waals surface area contributed by atoms with E-state index in [1.54, 1.807) is 31.4 Å². The fourth-order valence-corrected chi connectivity index (χ4v) is 3.78. The molecule has 3 aromatic rings. The minimum absolute atomic E-state index is 0.204. The summed E-state index contributed by atoms with van der Waals surface area (Å²) in [6.07, 6.45) is 0. The van der Waals surface area contributed by atoms with Crippen molar-refractivity contribution in [2.75, 3.05) is 11.8 Å². The summed E-state index contributed by atoms with van der Waals surface area (Å²) in [5, 5.41) is 0. The first kappa shape index (κ1) is 17.9. The maximum atomic E-state index is 12.6. The molecule has 134 valence electrons. The summed E-state index contributed by atoms with van der Waals surface area (Å²) in [6, 6.07) is 17.9. The minimum Gasteiger partial charge on any atom is -0.497 e. The summed E-state index contributed by atoms with van der Waals surface area (Å²) in [4.78, 5) is 4.39. The van der Waals surface area contributed by atoms with Crippen LogP contribution in [-0.4, -0.2) is 20.5 Å². The molecule has 0 atom stereocenters. The van der Waals surface area contributed by atoms with E-state index in [1.807, 2.05) is 50.2 Å². The van der Waals surface area contributed by atoms with Gasteiger partial charge in [0.25, 0.3) is 10.0 Å². The van der Waals surface area contributed by atoms with E-state index in [4.69, 9.17) is 4.74 Å². The zero-order valence-electron chi connectivity index (χ0n) is 14.9. The van der Waals surface area contributed by atoms with E-state index in [-0.39, 0.29) is 4.90 Å². The molecule has 2 aromatic carbocycles. The van der Waals surface area contributed by atoms with Gasteiger partial charge in [-0.05, 0) is 66.9 Å². The molecule has 26 heavy (non-hydrogen) atoms. The summed E-state index contributed by atoms with van der Waals surface area (Å²) in [7, 11) is -2.07. The van der Waals surface area contributed by atoms with Crippen molar-refractivity contribution in [3.05, 3.63) is 71.9 Å². The fourth-order valence-electron chi connectivity index (χ4n) is 2.69. The summed E-state index contributed by atoms with van der Waals surface area (Å²) < 4.78 is 32.9. The van der Waals surface area contributed by atoms with Crippen molar-refractivity contribution >= 4 is 15.8 Å². The van der Waals surface area contributed by atoms with Crippen molar-refractivity contribution in [2.45, 2.75) is 18.7 Å². The highest BCUT2D eigenvalue weighted by Gasteiger charge is 2.16. The van der Waals surface area contributed by atoms with Crippen LogP contribution in [0.3, 0.4) is 0 Å². The molecule has 0 aliphatic rings. The summed E-state index contributed by atoms with van der Waals surface area (Å²) >= 11 is 0. The first-order chi connectivity index (χ1) is 12.4. The van der Waals surface area contributed by atoms with Gasteiger partial charge in [-0.15, -0.1) is 0 Å². The Morgan fingerprint density at radius 3 is 2.31 bits per heavy atom. The molecule has 0 fully saturated rings. The molecule has 3 rings (SSSR count). The Morgan fingerprint density at radius 2 is 1.69 bits per heavy atom. The second-order valence-electron chi connectivity index (χ2n) is 5.97. The van der Waals surface area contributed by atoms with Gasteiger partial charge in [0.2, 0.25) is 0 Å². The Labute approximate surface area is 153 Å². The maximum absolute atomic E-state index is 12.6. The minimum atomic E-state index is -3.69. The van der Waals surface area contributed by atoms with Crippen LogP contribution in [-0.2, 0) is 10.0 Å². The molecule has 6 heteroatoms. The molecule has 0 bridgehead atoms. The van der Waals surface area contributed by atoms with Crippen molar-refractivity contribution in [2.24, 2.45) is 0 Å². The van der Waals surface area contributed by atoms with E-state index in [0.29, 0.717) is 5.82 Å². The highest BCUT2D eigenvalue weighted by Crippen LogP contribution is 2.28. The number of anilines is 1. The standard InChI is InChI=1S/C20H20N2O3S/c1-14-13-18(26(23,24)22-20-6-4-5-15(2)21-20)11-12-19(14)16-7-9-17(25-3)10-8-16/h4-13H,1-3H3,(H,21,22). The summed E-state index contributed by atoms with van der Waals surface area (Å²) in [5.74, 6) is 1.09. The molecule has 0 aliphatic heterocycles. The Balaban J connectivity index is 1.90. The number of hydrogen-bond donors (Lipinski definition) is 1. The van der Waals surface area contributed by atoms with Crippen molar-refractivity contribution in [3.8, 4) is 16.9 Å². The SMILES string of the molecule is COc1ccc(-c2ccc(S(=O)(=O)Nc3cccc(C)n3)cc2C)cc1. The van der Waals surface area contributed by atoms with E-state index in [0.717, 1.165) is 28.1 Å². The molecule has 0 spiro atoms. The average molecular weight is 368 g/mol. The van der Waals surface area contributed by atoms with Crippen LogP contribution in [0.2, 0.25) is 0 Å². The smallest absolute Gasteiger partial charge is 0.263 e. The van der Waals surface area contributed by atoms with Crippen molar-refractivity contribution in [1.29, 1.82) is 0 Å². The Kier molecular flexibility index (Phi) is 4.95. The zero-order chi connectivity index (χ0) is 18.7. The molecule has 1 heterocycles. The number of hydrogen-bond acceptors (Lipinski definition) is 4. The Bertz CT molecular complexity index is 1030. The molecule has 5 nitrogen and oxygen atoms in total. The largest absolute Gasteiger partial charge is 0.497 e. The zero-order valence-corrected chi connectivity index (χ0v) is 15.7. The molecule has 1 aromatic heterocycles. The van der Waals surface area contributed by atoms with Crippen molar-refractivity contribution < 1.29 is 13.2 Å². The molecule has 1 N–H and O–H groups in total. The molecule has 0 aliphatic carbocycles. The second kappa shape index (κ2) is 7.17. The average Bonchev–Trinajstić information content (AvgIpc) is 2.61. The number of nitrogens with zero attached hydrogens (tertiary/aromatic N) is 1. The van der Waals surface area contributed by atoms with Gasteiger partial charge < -0.3 is 4.74 Å². The number of sulfonamides is 1. The van der Waals surface area contributed by atoms with Gasteiger partial charge >= 0.3 is 0 Å². The Hall–Kier alpha value is -2.86. The number of benzene rings is 2. The van der Waals surface area contributed by atoms with Gasteiger partial charge in [0.1, 0.15) is 11.6 Å². The number of aromatic nitrogens is 1. The van der Waals surface area contributed by atoms with E-state index in [2.05, 4.69) is 9.71 Å². The number of methoxy groups -OCH3 is 1. The number of aryl methyl sites for hydroxylation is 2. The third-order valence-corrected chi connectivity index (χ3v) is 5.39. The molecule has 0 radical (unpaired) electrons. The monoisotopic (exact) mass is 368 g/mol. The van der Waals surface area contributed by atoms with Gasteiger partial charge in [0.15, 0.2) is 0 Å². The fraction of sp³-hybridized carbons (Fsp3) is 0.150. The van der Waals surface area contributed by atoms with Gasteiger partial charge in [0, 0.05) is 5.69 Å². The van der Waals surface area contributed by atoms with Gasteiger partial charge in [-0.1, -0.05) is 24.3 Å². The van der Waals surface area contributed by atoms with Crippen molar-refractivity contribution in [3.63, 3.8) is 0 Å². The molecule has 0 saturated carbocycles. The van der Waals surface area contributed by atoms with Gasteiger partial charge in [-0.25, -0.2) is 13.4 Å². The third kappa shape index (κ3) is 3.86. The number of rotatable bonds is 5. The predicted octanol–water partition coefficient (Wildman–Crippen LogP) is 4.17. The lowest BCUT2D eigenvalue weighted by Crippen LogP contribution is -2.14. The van der Waals surface area contributed by atoms with Crippen LogP contribution in [0.15, 0.2) is 65.6 Å². The van der Waals surface area contributed by atoms with E-state index in [9.17, 15) is 8.42 Å². The summed E-state index contributed by atoms with van der Waals surface area (Å²) in [6.45, 7) is 3.70. The van der Waals surface area contributed by atoms with Crippen LogP contribution in [0.5, 0.6) is 5.75 Å². The number of ether oxygens (including phenoxy) is 1. The highest BCUT2D eigenvalue weighted by molar-refractivity contribution is 7.92. The van der Waals surface area contributed by atoms with Crippen LogP contribution in [0.4, 0.5) is 5.82 Å². The van der Waals surface area contributed by atoms with Gasteiger partial charge in [-0.3, -0.25) is 4.72 Å². The lowest BCUT2D eigenvalue weighted by atomic mass is 10.0. The summed E-state index contributed by atoms with van der Waals surface area (Å²) in [5.41, 5.74) is 3.59. The predicted molar refractivity (Wildman–Crippen MR) is 103 cm³/mol. The first-order valence-corrected chi connectivity index (χ1v) is 9.59. The van der Waals surface area contributed by atoms with Crippen molar-refractivity contribution in [1.82, 2.24) is 4.98 Å². The van der Waals surface area contributed by atoms with Crippen LogP contribution < -0.4 is 9.46 Å². The normalized spacial score (nSPS) is 11.2. The molecule has 0 amide bonds. The van der Waals surface area contributed by atoms with E-state index < -0.39 is 10.0 Å². The maximum Gasteiger partial charge on any atom is 0.263 e. The molecule has 0 unspecified atom stereocenters. The molecular formula is C20H20N2O3S. The van der Waals surface area contributed by atoms with Crippen LogP contribution >= 0.6 is 0 Å². The third-order valence-electron chi connectivity index (χ3n) is 4.04. The number of pyridine rings is 1. The second-order valence-corrected chi connectivity index (χ2v) is 7.66. The highest BCUT2D eigenvalue weighted by atomic mass is 32.2.